The van der Waals surface area contributed by atoms with Crippen molar-refractivity contribution in [2.45, 2.75) is 32.6 Å². The lowest BCUT2D eigenvalue weighted by molar-refractivity contribution is 0.305. The van der Waals surface area contributed by atoms with E-state index in [-0.39, 0.29) is 5.56 Å². The van der Waals surface area contributed by atoms with E-state index in [9.17, 15) is 4.79 Å². The van der Waals surface area contributed by atoms with E-state index in [0.29, 0.717) is 39.2 Å². The van der Waals surface area contributed by atoms with Crippen LogP contribution in [0, 0.1) is 0 Å². The molecule has 0 atom stereocenters. The summed E-state index contributed by atoms with van der Waals surface area (Å²) in [5, 5.41) is 4.44. The van der Waals surface area contributed by atoms with Crippen molar-refractivity contribution in [3.05, 3.63) is 56.8 Å². The molecule has 0 saturated heterocycles. The van der Waals surface area contributed by atoms with Crippen molar-refractivity contribution in [3.63, 3.8) is 0 Å². The van der Waals surface area contributed by atoms with Gasteiger partial charge in [0.15, 0.2) is 17.3 Å². The van der Waals surface area contributed by atoms with Gasteiger partial charge in [-0.1, -0.05) is 37.5 Å². The Balaban J connectivity index is 1.56. The predicted octanol–water partition coefficient (Wildman–Crippen LogP) is 4.35. The summed E-state index contributed by atoms with van der Waals surface area (Å²) >= 11 is 1.28. The van der Waals surface area contributed by atoms with E-state index >= 15 is 0 Å². The molecule has 0 bridgehead atoms. The minimum Gasteiger partial charge on any atom is -0.494 e. The van der Waals surface area contributed by atoms with Crippen LogP contribution in [0.25, 0.3) is 22.4 Å². The highest BCUT2D eigenvalue weighted by Gasteiger charge is 2.15. The van der Waals surface area contributed by atoms with E-state index in [1.807, 2.05) is 24.3 Å². The second-order valence-corrected chi connectivity index (χ2v) is 8.95. The first-order chi connectivity index (χ1) is 17.1. The van der Waals surface area contributed by atoms with Crippen LogP contribution < -0.4 is 29.0 Å². The van der Waals surface area contributed by atoms with Gasteiger partial charge in [-0.05, 0) is 54.5 Å². The third-order valence-electron chi connectivity index (χ3n) is 5.55. The summed E-state index contributed by atoms with van der Waals surface area (Å²) in [6, 6.07) is 11.2. The molecule has 2 aromatic heterocycles. The van der Waals surface area contributed by atoms with E-state index in [4.69, 9.17) is 18.9 Å². The van der Waals surface area contributed by atoms with E-state index in [1.54, 1.807) is 39.5 Å². The van der Waals surface area contributed by atoms with Crippen molar-refractivity contribution in [3.8, 4) is 34.4 Å². The van der Waals surface area contributed by atoms with Crippen LogP contribution in [0.3, 0.4) is 0 Å². The van der Waals surface area contributed by atoms with Gasteiger partial charge in [-0.25, -0.2) is 0 Å². The molecule has 8 nitrogen and oxygen atoms in total. The molecule has 2 aromatic carbocycles. The number of unbranched alkanes of at least 4 members (excludes halogenated alkanes) is 3. The summed E-state index contributed by atoms with van der Waals surface area (Å²) in [5.41, 5.74) is 1.34. The fourth-order valence-electron chi connectivity index (χ4n) is 3.71. The fraction of sp³-hybridized carbons (Fsp3) is 0.346. The minimum atomic E-state index is -0.232. The molecule has 0 unspecified atom stereocenters. The summed E-state index contributed by atoms with van der Waals surface area (Å²) in [6.07, 6.45) is 6.44. The number of thiazole rings is 1. The molecule has 35 heavy (non-hydrogen) atoms. The van der Waals surface area contributed by atoms with Crippen LogP contribution in [0.15, 0.2) is 41.2 Å². The first-order valence-electron chi connectivity index (χ1n) is 11.5. The largest absolute Gasteiger partial charge is 0.494 e. The maximum absolute atomic E-state index is 13.0. The van der Waals surface area contributed by atoms with Crippen molar-refractivity contribution in [2.24, 2.45) is 0 Å². The Kier molecular flexibility index (Phi) is 7.87. The average molecular weight is 496 g/mol. The number of fused-ring (bicyclic) bond motifs is 1. The Labute approximate surface area is 207 Å². The van der Waals surface area contributed by atoms with Crippen LogP contribution in [-0.2, 0) is 0 Å². The van der Waals surface area contributed by atoms with Gasteiger partial charge in [0, 0.05) is 5.56 Å². The van der Waals surface area contributed by atoms with Crippen molar-refractivity contribution in [2.75, 3.05) is 27.9 Å². The molecular weight excluding hydrogens is 466 g/mol. The van der Waals surface area contributed by atoms with Gasteiger partial charge in [0.2, 0.25) is 10.7 Å². The smallest absolute Gasteiger partial charge is 0.291 e. The second-order valence-electron chi connectivity index (χ2n) is 7.94. The van der Waals surface area contributed by atoms with Crippen molar-refractivity contribution < 1.29 is 18.9 Å². The molecular formula is C26H29N3O5S. The maximum atomic E-state index is 13.0. The van der Waals surface area contributed by atoms with Gasteiger partial charge < -0.3 is 18.9 Å². The highest BCUT2D eigenvalue weighted by atomic mass is 32.1. The molecule has 9 heteroatoms. The van der Waals surface area contributed by atoms with Gasteiger partial charge in [-0.3, -0.25) is 4.79 Å². The third-order valence-corrected chi connectivity index (χ3v) is 6.50. The molecule has 0 amide bonds. The zero-order valence-electron chi connectivity index (χ0n) is 20.4. The van der Waals surface area contributed by atoms with Crippen molar-refractivity contribution in [1.82, 2.24) is 14.6 Å². The van der Waals surface area contributed by atoms with Crippen molar-refractivity contribution >= 4 is 22.4 Å². The number of methoxy groups -OCH3 is 3. The Morgan fingerprint density at radius 2 is 1.69 bits per heavy atom. The number of hydrogen-bond acceptors (Lipinski definition) is 8. The normalized spacial score (nSPS) is 11.7. The highest BCUT2D eigenvalue weighted by molar-refractivity contribution is 7.15. The second kappa shape index (κ2) is 11.2. The lowest BCUT2D eigenvalue weighted by Gasteiger charge is -2.12. The zero-order valence-corrected chi connectivity index (χ0v) is 21.2. The highest BCUT2D eigenvalue weighted by Crippen LogP contribution is 2.38. The Hall–Kier alpha value is -3.59. The zero-order chi connectivity index (χ0) is 24.8. The van der Waals surface area contributed by atoms with Crippen molar-refractivity contribution in [1.29, 1.82) is 0 Å². The molecule has 0 saturated carbocycles. The topological polar surface area (TPSA) is 84.2 Å². The molecule has 0 fully saturated rings. The molecule has 0 spiro atoms. The Morgan fingerprint density at radius 3 is 2.29 bits per heavy atom. The SMILES string of the molecule is CCCCCCOc1ccc(-c2nc3sc(=Cc4cc(OC)c(OC)c(OC)c4)c(=O)n3n2)cc1. The van der Waals surface area contributed by atoms with Crippen LogP contribution in [0.1, 0.15) is 38.2 Å². The third kappa shape index (κ3) is 5.40. The number of nitrogens with zero attached hydrogens (tertiary/aromatic N) is 3. The first kappa shape index (κ1) is 24.5. The van der Waals surface area contributed by atoms with Gasteiger partial charge >= 0.3 is 0 Å². The molecule has 0 aliphatic heterocycles. The summed E-state index contributed by atoms with van der Waals surface area (Å²) in [5.74, 6) is 2.84. The molecule has 0 radical (unpaired) electrons. The van der Waals surface area contributed by atoms with E-state index in [0.717, 1.165) is 23.3 Å². The molecule has 0 aliphatic carbocycles. The summed E-state index contributed by atoms with van der Waals surface area (Å²) in [7, 11) is 4.65. The maximum Gasteiger partial charge on any atom is 0.291 e. The summed E-state index contributed by atoms with van der Waals surface area (Å²) in [4.78, 5) is 18.1. The number of aromatic nitrogens is 3. The van der Waals surface area contributed by atoms with Gasteiger partial charge in [0.1, 0.15) is 5.75 Å². The number of benzene rings is 2. The Morgan fingerprint density at radius 1 is 0.971 bits per heavy atom. The number of ether oxygens (including phenoxy) is 4. The lowest BCUT2D eigenvalue weighted by atomic mass is 10.1. The van der Waals surface area contributed by atoms with Crippen LogP contribution in [0.5, 0.6) is 23.0 Å². The van der Waals surface area contributed by atoms with Crippen LogP contribution >= 0.6 is 11.3 Å². The minimum absolute atomic E-state index is 0.232. The summed E-state index contributed by atoms with van der Waals surface area (Å²) < 4.78 is 23.8. The molecule has 4 rings (SSSR count). The van der Waals surface area contributed by atoms with E-state index in [2.05, 4.69) is 17.0 Å². The predicted molar refractivity (Wildman–Crippen MR) is 137 cm³/mol. The first-order valence-corrected chi connectivity index (χ1v) is 12.3. The number of hydrogen-bond donors (Lipinski definition) is 0. The molecule has 4 aromatic rings. The lowest BCUT2D eigenvalue weighted by Crippen LogP contribution is -2.23. The molecule has 2 heterocycles. The van der Waals surface area contributed by atoms with Gasteiger partial charge in [-0.15, -0.1) is 5.10 Å². The number of rotatable bonds is 11. The average Bonchev–Trinajstić information content (AvgIpc) is 3.42. The Bertz CT molecular complexity index is 1370. The fourth-order valence-corrected chi connectivity index (χ4v) is 4.62. The van der Waals surface area contributed by atoms with Gasteiger partial charge in [0.25, 0.3) is 5.56 Å². The quantitative estimate of drug-likeness (QED) is 0.286. The van der Waals surface area contributed by atoms with Gasteiger partial charge in [-0.2, -0.15) is 9.50 Å². The molecule has 0 N–H and O–H groups in total. The molecule has 0 aliphatic rings. The van der Waals surface area contributed by atoms with Gasteiger partial charge in [0.05, 0.1) is 32.5 Å². The molecule has 184 valence electrons. The van der Waals surface area contributed by atoms with Crippen LogP contribution in [-0.4, -0.2) is 42.5 Å². The van der Waals surface area contributed by atoms with E-state index in [1.165, 1.54) is 35.1 Å². The summed E-state index contributed by atoms with van der Waals surface area (Å²) in [6.45, 7) is 2.90. The van der Waals surface area contributed by atoms with Crippen LogP contribution in [0.4, 0.5) is 0 Å². The monoisotopic (exact) mass is 495 g/mol. The standard InChI is InChI=1S/C26H29N3O5S/c1-5-6-7-8-13-34-19-11-9-18(10-12-19)24-27-26-29(28-24)25(30)22(35-26)16-17-14-20(31-2)23(33-4)21(15-17)32-3/h9-12,14-16H,5-8,13H2,1-4H3. The van der Waals surface area contributed by atoms with E-state index < -0.39 is 0 Å². The van der Waals surface area contributed by atoms with Crippen LogP contribution in [0.2, 0.25) is 0 Å².